The van der Waals surface area contributed by atoms with Crippen LogP contribution in [0.5, 0.6) is 0 Å². The van der Waals surface area contributed by atoms with Gasteiger partial charge in [0.25, 0.3) is 10.0 Å². The second kappa shape index (κ2) is 12.4. The summed E-state index contributed by atoms with van der Waals surface area (Å²) < 4.78 is 43.4. The van der Waals surface area contributed by atoms with Gasteiger partial charge in [0.2, 0.25) is 11.8 Å². The van der Waals surface area contributed by atoms with Gasteiger partial charge >= 0.3 is 0 Å². The molecule has 0 saturated carbocycles. The maximum Gasteiger partial charge on any atom is 0.264 e. The zero-order valence-corrected chi connectivity index (χ0v) is 25.1. The average Bonchev–Trinajstić information content (AvgIpc) is 2.87. The van der Waals surface area contributed by atoms with Crippen molar-refractivity contribution in [2.45, 2.75) is 64.6 Å². The van der Waals surface area contributed by atoms with Crippen LogP contribution >= 0.6 is 11.6 Å². The third kappa shape index (κ3) is 7.61. The van der Waals surface area contributed by atoms with Crippen LogP contribution in [0.2, 0.25) is 5.02 Å². The second-order valence-electron chi connectivity index (χ2n) is 10.8. The molecule has 2 amide bonds. The van der Waals surface area contributed by atoms with Crippen molar-refractivity contribution in [2.75, 3.05) is 10.8 Å². The second-order valence-corrected chi connectivity index (χ2v) is 13.1. The number of halogens is 2. The van der Waals surface area contributed by atoms with Gasteiger partial charge in [0, 0.05) is 22.7 Å². The van der Waals surface area contributed by atoms with Gasteiger partial charge in [-0.15, -0.1) is 0 Å². The molecule has 40 heavy (non-hydrogen) atoms. The third-order valence-corrected chi connectivity index (χ3v) is 8.49. The van der Waals surface area contributed by atoms with Crippen LogP contribution in [-0.4, -0.2) is 43.3 Å². The standard InChI is InChI=1S/C30H35ClFN3O4S/c1-20-11-15-25(16-12-20)40(38,39)35(24-14-13-21(2)26(31)17-24)19-28(36)34(18-23-9-7-8-10-27(23)32)22(3)29(37)33-30(4,5)6/h7-17,22H,18-19H2,1-6H3,(H,33,37)/t22-/m0/s1. The van der Waals surface area contributed by atoms with Gasteiger partial charge in [0.05, 0.1) is 10.6 Å². The lowest BCUT2D eigenvalue weighted by Gasteiger charge is -2.33. The Hall–Kier alpha value is -3.43. The van der Waals surface area contributed by atoms with E-state index in [1.807, 2.05) is 6.92 Å². The summed E-state index contributed by atoms with van der Waals surface area (Å²) in [4.78, 5) is 28.2. The van der Waals surface area contributed by atoms with Crippen molar-refractivity contribution in [2.24, 2.45) is 0 Å². The van der Waals surface area contributed by atoms with E-state index in [0.717, 1.165) is 15.4 Å². The largest absolute Gasteiger partial charge is 0.350 e. The number of sulfonamides is 1. The Kier molecular flexibility index (Phi) is 9.64. The number of carbonyl (C=O) groups is 2. The highest BCUT2D eigenvalue weighted by Crippen LogP contribution is 2.29. The summed E-state index contributed by atoms with van der Waals surface area (Å²) >= 11 is 6.34. The lowest BCUT2D eigenvalue weighted by atomic mass is 10.1. The van der Waals surface area contributed by atoms with Crippen molar-refractivity contribution >= 4 is 39.1 Å². The summed E-state index contributed by atoms with van der Waals surface area (Å²) in [7, 11) is -4.23. The van der Waals surface area contributed by atoms with Crippen LogP contribution in [0, 0.1) is 19.7 Å². The van der Waals surface area contributed by atoms with Crippen LogP contribution in [0.3, 0.4) is 0 Å². The number of hydrogen-bond donors (Lipinski definition) is 1. The van der Waals surface area contributed by atoms with E-state index < -0.39 is 45.8 Å². The topological polar surface area (TPSA) is 86.8 Å². The molecule has 0 saturated heterocycles. The van der Waals surface area contributed by atoms with Crippen molar-refractivity contribution in [1.29, 1.82) is 0 Å². The fourth-order valence-corrected chi connectivity index (χ4v) is 5.55. The normalized spacial score (nSPS) is 12.5. The van der Waals surface area contributed by atoms with Crippen LogP contribution in [-0.2, 0) is 26.2 Å². The summed E-state index contributed by atoms with van der Waals surface area (Å²) in [5, 5.41) is 3.17. The molecule has 0 heterocycles. The monoisotopic (exact) mass is 587 g/mol. The van der Waals surface area contributed by atoms with Gasteiger partial charge in [-0.05, 0) is 77.4 Å². The zero-order chi connectivity index (χ0) is 29.8. The first-order valence-corrected chi connectivity index (χ1v) is 14.6. The van der Waals surface area contributed by atoms with E-state index in [2.05, 4.69) is 5.32 Å². The van der Waals surface area contributed by atoms with Crippen molar-refractivity contribution in [3.05, 3.63) is 94.3 Å². The molecule has 3 rings (SSSR count). The van der Waals surface area contributed by atoms with Gasteiger partial charge in [-0.3, -0.25) is 13.9 Å². The zero-order valence-electron chi connectivity index (χ0n) is 23.5. The first-order chi connectivity index (χ1) is 18.6. The van der Waals surface area contributed by atoms with Gasteiger partial charge < -0.3 is 10.2 Å². The van der Waals surface area contributed by atoms with Gasteiger partial charge in [-0.25, -0.2) is 12.8 Å². The highest BCUT2D eigenvalue weighted by atomic mass is 35.5. The molecule has 214 valence electrons. The molecule has 0 bridgehead atoms. The Labute approximate surface area is 241 Å². The number of nitrogens with zero attached hydrogens (tertiary/aromatic N) is 2. The molecule has 10 heteroatoms. The van der Waals surface area contributed by atoms with E-state index in [4.69, 9.17) is 11.6 Å². The lowest BCUT2D eigenvalue weighted by Crippen LogP contribution is -2.54. The molecule has 0 fully saturated rings. The molecule has 0 aliphatic carbocycles. The van der Waals surface area contributed by atoms with Crippen LogP contribution in [0.4, 0.5) is 10.1 Å². The minimum Gasteiger partial charge on any atom is -0.350 e. The molecule has 1 atom stereocenters. The Balaban J connectivity index is 2.08. The minimum absolute atomic E-state index is 0.0122. The molecular formula is C30H35ClFN3O4S. The van der Waals surface area contributed by atoms with Crippen molar-refractivity contribution in [3.63, 3.8) is 0 Å². The number of anilines is 1. The maximum absolute atomic E-state index is 14.6. The van der Waals surface area contributed by atoms with E-state index in [9.17, 15) is 22.4 Å². The summed E-state index contributed by atoms with van der Waals surface area (Å²) in [5.41, 5.74) is 1.39. The number of amides is 2. The smallest absolute Gasteiger partial charge is 0.264 e. The maximum atomic E-state index is 14.6. The molecule has 0 unspecified atom stereocenters. The fourth-order valence-electron chi connectivity index (χ4n) is 3.97. The molecule has 0 radical (unpaired) electrons. The highest BCUT2D eigenvalue weighted by molar-refractivity contribution is 7.92. The number of hydrogen-bond acceptors (Lipinski definition) is 4. The SMILES string of the molecule is Cc1ccc(S(=O)(=O)N(CC(=O)N(Cc2ccccc2F)[C@@H](C)C(=O)NC(C)(C)C)c2ccc(C)c(Cl)c2)cc1. The molecule has 3 aromatic rings. The lowest BCUT2D eigenvalue weighted by molar-refractivity contribution is -0.140. The van der Waals surface area contributed by atoms with E-state index in [0.29, 0.717) is 5.02 Å². The third-order valence-electron chi connectivity index (χ3n) is 6.30. The molecular weight excluding hydrogens is 553 g/mol. The summed E-state index contributed by atoms with van der Waals surface area (Å²) in [6.45, 7) is 9.67. The Bertz CT molecular complexity index is 1490. The Morgan fingerprint density at radius 2 is 1.62 bits per heavy atom. The van der Waals surface area contributed by atoms with Crippen LogP contribution in [0.1, 0.15) is 44.4 Å². The Morgan fingerprint density at radius 3 is 2.20 bits per heavy atom. The van der Waals surface area contributed by atoms with Crippen LogP contribution in [0.15, 0.2) is 71.6 Å². The number of aryl methyl sites for hydroxylation is 2. The first kappa shape index (κ1) is 31.1. The van der Waals surface area contributed by atoms with Gasteiger partial charge in [0.1, 0.15) is 18.4 Å². The number of carbonyl (C=O) groups excluding carboxylic acids is 2. The van der Waals surface area contributed by atoms with E-state index in [-0.39, 0.29) is 22.7 Å². The van der Waals surface area contributed by atoms with Crippen LogP contribution < -0.4 is 9.62 Å². The molecule has 0 spiro atoms. The number of benzene rings is 3. The van der Waals surface area contributed by atoms with Crippen molar-refractivity contribution in [3.8, 4) is 0 Å². The van der Waals surface area contributed by atoms with E-state index in [1.54, 1.807) is 58.0 Å². The number of nitrogens with one attached hydrogen (secondary N) is 1. The fraction of sp³-hybridized carbons (Fsp3) is 0.333. The molecule has 3 aromatic carbocycles. The first-order valence-electron chi connectivity index (χ1n) is 12.8. The van der Waals surface area contributed by atoms with Gasteiger partial charge in [-0.2, -0.15) is 0 Å². The minimum atomic E-state index is -4.23. The molecule has 0 aliphatic heterocycles. The van der Waals surface area contributed by atoms with Crippen LogP contribution in [0.25, 0.3) is 0 Å². The molecule has 7 nitrogen and oxygen atoms in total. The molecule has 1 N–H and O–H groups in total. The van der Waals surface area contributed by atoms with E-state index in [1.165, 1.54) is 48.2 Å². The molecule has 0 aromatic heterocycles. The van der Waals surface area contributed by atoms with Gasteiger partial charge in [-0.1, -0.05) is 53.6 Å². The Morgan fingerprint density at radius 1 is 1.00 bits per heavy atom. The number of rotatable bonds is 9. The summed E-state index contributed by atoms with van der Waals surface area (Å²) in [5.74, 6) is -1.69. The summed E-state index contributed by atoms with van der Waals surface area (Å²) in [6.07, 6.45) is 0. The predicted molar refractivity (Wildman–Crippen MR) is 156 cm³/mol. The predicted octanol–water partition coefficient (Wildman–Crippen LogP) is 5.62. The summed E-state index contributed by atoms with van der Waals surface area (Å²) in [6, 6.07) is 15.9. The van der Waals surface area contributed by atoms with E-state index >= 15 is 0 Å². The van der Waals surface area contributed by atoms with Crippen molar-refractivity contribution < 1.29 is 22.4 Å². The highest BCUT2D eigenvalue weighted by Gasteiger charge is 2.33. The van der Waals surface area contributed by atoms with Crippen molar-refractivity contribution in [1.82, 2.24) is 10.2 Å². The molecule has 0 aliphatic rings. The quantitative estimate of drug-likeness (QED) is 0.352. The average molecular weight is 588 g/mol. The van der Waals surface area contributed by atoms with Gasteiger partial charge in [0.15, 0.2) is 0 Å².